The fraction of sp³-hybridized carbons (Fsp3) is 0.600. The van der Waals surface area contributed by atoms with E-state index in [0.29, 0.717) is 0 Å². The minimum absolute atomic E-state index is 0.0884. The third-order valence-electron chi connectivity index (χ3n) is 2.42. The molecule has 0 aliphatic rings. The summed E-state index contributed by atoms with van der Waals surface area (Å²) in [5.41, 5.74) is -2.86. The average Bonchev–Trinajstić information content (AvgIpc) is 2.23. The highest BCUT2D eigenvalue weighted by Crippen LogP contribution is 2.27. The summed E-state index contributed by atoms with van der Waals surface area (Å²) < 4.78 is 9.92. The van der Waals surface area contributed by atoms with Crippen molar-refractivity contribution in [3.8, 4) is 0 Å². The van der Waals surface area contributed by atoms with Crippen molar-refractivity contribution in [2.75, 3.05) is 0 Å². The predicted octanol–water partition coefficient (Wildman–Crippen LogP) is 1.46. The largest absolute Gasteiger partial charge is 0.419 e. The normalized spacial score (nSPS) is 14.3. The first-order valence-electron chi connectivity index (χ1n) is 6.44. The van der Waals surface area contributed by atoms with Gasteiger partial charge in [-0.25, -0.2) is 9.59 Å². The molecule has 0 aromatic rings. The molecular weight excluding hydrogens is 276 g/mol. The van der Waals surface area contributed by atoms with Gasteiger partial charge in [0.25, 0.3) is 6.29 Å². The van der Waals surface area contributed by atoms with E-state index in [1.54, 1.807) is 0 Å². The van der Waals surface area contributed by atoms with Gasteiger partial charge in [-0.05, 0) is 34.6 Å². The van der Waals surface area contributed by atoms with Crippen LogP contribution in [-0.2, 0) is 19.1 Å². The first-order chi connectivity index (χ1) is 9.26. The Kier molecular flexibility index (Phi) is 6.32. The highest BCUT2D eigenvalue weighted by Gasteiger charge is 2.42. The zero-order chi connectivity index (χ0) is 17.0. The molecule has 6 nitrogen and oxygen atoms in total. The Morgan fingerprint density at radius 2 is 1.33 bits per heavy atom. The monoisotopic (exact) mass is 300 g/mol. The molecule has 2 N–H and O–H groups in total. The van der Waals surface area contributed by atoms with Crippen LogP contribution in [0.15, 0.2) is 24.3 Å². The second-order valence-corrected chi connectivity index (χ2v) is 6.05. The summed E-state index contributed by atoms with van der Waals surface area (Å²) in [6.45, 7) is 13.9. The molecule has 0 bridgehead atoms. The molecule has 0 fully saturated rings. The summed E-state index contributed by atoms with van der Waals surface area (Å²) in [6, 6.07) is 0. The van der Waals surface area contributed by atoms with E-state index in [1.807, 2.05) is 0 Å². The average molecular weight is 300 g/mol. The van der Waals surface area contributed by atoms with Crippen LogP contribution in [0, 0.1) is 0 Å². The number of hydrogen-bond donors (Lipinski definition) is 2. The number of carbonyl (C=O) groups excluding carboxylic acids is 2. The lowest BCUT2D eigenvalue weighted by molar-refractivity contribution is -0.232. The second-order valence-electron chi connectivity index (χ2n) is 6.05. The molecular formula is C15H24O6. The van der Waals surface area contributed by atoms with E-state index in [4.69, 9.17) is 9.47 Å². The van der Waals surface area contributed by atoms with Crippen LogP contribution in [-0.4, -0.2) is 39.6 Å². The number of esters is 2. The fourth-order valence-corrected chi connectivity index (χ4v) is 1.63. The summed E-state index contributed by atoms with van der Waals surface area (Å²) in [7, 11) is 0. The lowest BCUT2D eigenvalue weighted by atomic mass is 9.90. The summed E-state index contributed by atoms with van der Waals surface area (Å²) in [5.74, 6) is -1.63. The fourth-order valence-electron chi connectivity index (χ4n) is 1.63. The minimum atomic E-state index is -1.78. The molecule has 21 heavy (non-hydrogen) atoms. The molecule has 0 amide bonds. The van der Waals surface area contributed by atoms with Crippen molar-refractivity contribution in [1.82, 2.24) is 0 Å². The maximum absolute atomic E-state index is 11.6. The quantitative estimate of drug-likeness (QED) is 0.420. The van der Waals surface area contributed by atoms with Gasteiger partial charge >= 0.3 is 11.9 Å². The van der Waals surface area contributed by atoms with Gasteiger partial charge in [-0.15, -0.1) is 0 Å². The molecule has 120 valence electrons. The van der Waals surface area contributed by atoms with Crippen molar-refractivity contribution in [3.63, 3.8) is 0 Å². The summed E-state index contributed by atoms with van der Waals surface area (Å²) in [4.78, 5) is 23.2. The smallest absolute Gasteiger partial charge is 0.336 e. The van der Waals surface area contributed by atoms with Crippen LogP contribution in [0.4, 0.5) is 0 Å². The van der Waals surface area contributed by atoms with Crippen LogP contribution in [0.3, 0.4) is 0 Å². The molecule has 0 saturated carbocycles. The standard InChI is InChI=1S/C15H24O6/c1-9(2)11(16)20-13(21-12(17)10(3)4)15(7,19)8-14(5,6)18/h13,18-19H,1,3,8H2,2,4-7H3. The molecule has 0 spiro atoms. The third-order valence-corrected chi connectivity index (χ3v) is 2.42. The van der Waals surface area contributed by atoms with Crippen LogP contribution in [0.2, 0.25) is 0 Å². The molecule has 1 unspecified atom stereocenters. The van der Waals surface area contributed by atoms with Crippen molar-refractivity contribution >= 4 is 11.9 Å². The van der Waals surface area contributed by atoms with Crippen molar-refractivity contribution in [2.45, 2.75) is 58.5 Å². The zero-order valence-electron chi connectivity index (χ0n) is 13.2. The van der Waals surface area contributed by atoms with E-state index < -0.39 is 29.4 Å². The predicted molar refractivity (Wildman–Crippen MR) is 77.1 cm³/mol. The van der Waals surface area contributed by atoms with Crippen molar-refractivity contribution in [2.24, 2.45) is 0 Å². The molecule has 0 saturated heterocycles. The molecule has 6 heteroatoms. The second kappa shape index (κ2) is 6.87. The number of ether oxygens (including phenoxy) is 2. The number of aliphatic hydroxyl groups is 2. The Balaban J connectivity index is 5.28. The molecule has 0 aromatic heterocycles. The highest BCUT2D eigenvalue weighted by atomic mass is 16.7. The summed E-state index contributed by atoms with van der Waals surface area (Å²) >= 11 is 0. The number of carbonyl (C=O) groups is 2. The Morgan fingerprint density at radius 1 is 1.00 bits per heavy atom. The SMILES string of the molecule is C=C(C)C(=O)OC(OC(=O)C(=C)C)C(C)(O)CC(C)(C)O. The summed E-state index contributed by atoms with van der Waals surface area (Å²) in [5, 5.41) is 20.2. The number of rotatable bonds is 7. The molecule has 0 heterocycles. The molecule has 1 atom stereocenters. The van der Waals surface area contributed by atoms with Gasteiger partial charge < -0.3 is 19.7 Å². The molecule has 0 aromatic carbocycles. The Hall–Kier alpha value is -1.66. The van der Waals surface area contributed by atoms with Crippen molar-refractivity contribution in [3.05, 3.63) is 24.3 Å². The number of hydrogen-bond acceptors (Lipinski definition) is 6. The van der Waals surface area contributed by atoms with E-state index in [-0.39, 0.29) is 17.6 Å². The highest BCUT2D eigenvalue weighted by molar-refractivity contribution is 5.88. The van der Waals surface area contributed by atoms with Gasteiger partial charge in [0, 0.05) is 17.6 Å². The van der Waals surface area contributed by atoms with Crippen LogP contribution in [0.1, 0.15) is 41.0 Å². The van der Waals surface area contributed by atoms with E-state index in [2.05, 4.69) is 13.2 Å². The summed E-state index contributed by atoms with van der Waals surface area (Å²) in [6.07, 6.45) is -1.77. The van der Waals surface area contributed by atoms with E-state index in [1.165, 1.54) is 34.6 Å². The molecule has 0 aliphatic heterocycles. The van der Waals surface area contributed by atoms with Gasteiger partial charge in [-0.3, -0.25) is 0 Å². The van der Waals surface area contributed by atoms with Gasteiger partial charge in [-0.1, -0.05) is 13.2 Å². The lowest BCUT2D eigenvalue weighted by Crippen LogP contribution is -2.49. The first-order valence-corrected chi connectivity index (χ1v) is 6.44. The van der Waals surface area contributed by atoms with Crippen molar-refractivity contribution in [1.29, 1.82) is 0 Å². The van der Waals surface area contributed by atoms with Crippen LogP contribution in [0.5, 0.6) is 0 Å². The van der Waals surface area contributed by atoms with Gasteiger partial charge in [0.1, 0.15) is 5.60 Å². The Morgan fingerprint density at radius 3 is 1.57 bits per heavy atom. The van der Waals surface area contributed by atoms with Crippen molar-refractivity contribution < 1.29 is 29.3 Å². The zero-order valence-corrected chi connectivity index (χ0v) is 13.2. The Bertz CT molecular complexity index is 414. The van der Waals surface area contributed by atoms with Crippen LogP contribution < -0.4 is 0 Å². The van der Waals surface area contributed by atoms with Crippen LogP contribution in [0.25, 0.3) is 0 Å². The lowest BCUT2D eigenvalue weighted by Gasteiger charge is -2.35. The molecule has 0 radical (unpaired) electrons. The Labute approximate surface area is 125 Å². The third kappa shape index (κ3) is 7.06. The maximum atomic E-state index is 11.6. The molecule has 0 aliphatic carbocycles. The minimum Gasteiger partial charge on any atom is -0.419 e. The van der Waals surface area contributed by atoms with E-state index in [9.17, 15) is 19.8 Å². The van der Waals surface area contributed by atoms with Gasteiger partial charge in [0.2, 0.25) is 0 Å². The maximum Gasteiger partial charge on any atom is 0.336 e. The molecule has 0 rings (SSSR count). The van der Waals surface area contributed by atoms with Gasteiger partial charge in [0.15, 0.2) is 0 Å². The topological polar surface area (TPSA) is 93.1 Å². The van der Waals surface area contributed by atoms with Gasteiger partial charge in [-0.2, -0.15) is 0 Å². The van der Waals surface area contributed by atoms with Gasteiger partial charge in [0.05, 0.1) is 5.60 Å². The van der Waals surface area contributed by atoms with E-state index in [0.717, 1.165) is 0 Å². The van der Waals surface area contributed by atoms with E-state index >= 15 is 0 Å². The van der Waals surface area contributed by atoms with Crippen LogP contribution >= 0.6 is 0 Å². The first kappa shape index (κ1) is 19.3.